The molecule has 0 spiro atoms. The van der Waals surface area contributed by atoms with Crippen molar-refractivity contribution in [1.82, 2.24) is 0 Å². The maximum atomic E-state index is 13.6. The van der Waals surface area contributed by atoms with Crippen molar-refractivity contribution in [2.24, 2.45) is 11.3 Å². The quantitative estimate of drug-likeness (QED) is 0.823. The van der Waals surface area contributed by atoms with Gasteiger partial charge in [-0.2, -0.15) is 0 Å². The lowest BCUT2D eigenvalue weighted by Gasteiger charge is -2.32. The van der Waals surface area contributed by atoms with Gasteiger partial charge in [-0.05, 0) is 30.9 Å². The van der Waals surface area contributed by atoms with Crippen molar-refractivity contribution < 1.29 is 19.0 Å². The van der Waals surface area contributed by atoms with Gasteiger partial charge >= 0.3 is 0 Å². The maximum Gasteiger partial charge on any atom is 0.129 e. The van der Waals surface area contributed by atoms with Crippen LogP contribution >= 0.6 is 0 Å². The molecule has 0 aliphatic heterocycles. The van der Waals surface area contributed by atoms with Crippen LogP contribution in [0.4, 0.5) is 8.78 Å². The number of aliphatic hydroxyl groups excluding tert-OH is 2. The van der Waals surface area contributed by atoms with E-state index in [0.29, 0.717) is 6.42 Å². The lowest BCUT2D eigenvalue weighted by atomic mass is 9.76. The van der Waals surface area contributed by atoms with E-state index >= 15 is 0 Å². The number of rotatable bonds is 6. The van der Waals surface area contributed by atoms with Gasteiger partial charge in [-0.15, -0.1) is 0 Å². The van der Waals surface area contributed by atoms with Gasteiger partial charge in [-0.3, -0.25) is 0 Å². The van der Waals surface area contributed by atoms with Crippen molar-refractivity contribution >= 4 is 0 Å². The van der Waals surface area contributed by atoms with Crippen LogP contribution in [0.5, 0.6) is 0 Å². The lowest BCUT2D eigenvalue weighted by Crippen LogP contribution is -2.34. The second-order valence-electron chi connectivity index (χ2n) is 5.29. The molecule has 0 radical (unpaired) electrons. The first-order valence-corrected chi connectivity index (χ1v) is 6.09. The molecule has 1 rings (SSSR count). The number of hydrogen-bond donors (Lipinski definition) is 2. The van der Waals surface area contributed by atoms with E-state index in [-0.39, 0.29) is 31.1 Å². The fourth-order valence-corrected chi connectivity index (χ4v) is 2.31. The van der Waals surface area contributed by atoms with Crippen molar-refractivity contribution in [2.45, 2.75) is 26.7 Å². The van der Waals surface area contributed by atoms with Gasteiger partial charge in [0.1, 0.15) is 11.6 Å². The largest absolute Gasteiger partial charge is 0.396 e. The summed E-state index contributed by atoms with van der Waals surface area (Å²) >= 11 is 0. The van der Waals surface area contributed by atoms with E-state index in [4.69, 9.17) is 0 Å². The molecule has 0 amide bonds. The molecule has 1 aromatic rings. The van der Waals surface area contributed by atoms with Crippen LogP contribution < -0.4 is 0 Å². The zero-order chi connectivity index (χ0) is 13.8. The Labute approximate surface area is 106 Å². The normalized spacial score (nSPS) is 12.2. The topological polar surface area (TPSA) is 40.5 Å². The predicted molar refractivity (Wildman–Crippen MR) is 66.1 cm³/mol. The van der Waals surface area contributed by atoms with E-state index in [1.54, 1.807) is 0 Å². The molecule has 0 aliphatic carbocycles. The second-order valence-corrected chi connectivity index (χ2v) is 5.29. The maximum absolute atomic E-state index is 13.6. The molecular formula is C14H20F2O2. The summed E-state index contributed by atoms with van der Waals surface area (Å²) in [5, 5.41) is 18.9. The standard InChI is InChI=1S/C14H20F2O2/c1-10(2)6-14(8-17,9-18)7-11-12(15)4-3-5-13(11)16/h3-5,10,17-18H,6-9H2,1-2H3. The lowest BCUT2D eigenvalue weighted by molar-refractivity contribution is 0.0356. The van der Waals surface area contributed by atoms with E-state index in [1.165, 1.54) is 18.2 Å². The zero-order valence-corrected chi connectivity index (χ0v) is 10.8. The predicted octanol–water partition coefficient (Wildman–Crippen LogP) is 2.52. The summed E-state index contributed by atoms with van der Waals surface area (Å²) in [6.45, 7) is 3.29. The van der Waals surface area contributed by atoms with Crippen LogP contribution in [-0.4, -0.2) is 23.4 Å². The Balaban J connectivity index is 3.03. The molecule has 0 saturated carbocycles. The Bertz CT molecular complexity index is 367. The van der Waals surface area contributed by atoms with Gasteiger partial charge in [0.15, 0.2) is 0 Å². The van der Waals surface area contributed by atoms with Crippen LogP contribution in [0.2, 0.25) is 0 Å². The summed E-state index contributed by atoms with van der Waals surface area (Å²) in [5.74, 6) is -1.05. The highest BCUT2D eigenvalue weighted by Crippen LogP contribution is 2.31. The third-order valence-electron chi connectivity index (χ3n) is 3.13. The fourth-order valence-electron chi connectivity index (χ4n) is 2.31. The van der Waals surface area contributed by atoms with E-state index in [1.807, 2.05) is 13.8 Å². The van der Waals surface area contributed by atoms with Crippen molar-refractivity contribution in [3.05, 3.63) is 35.4 Å². The average Bonchev–Trinajstić information content (AvgIpc) is 2.32. The highest BCUT2D eigenvalue weighted by atomic mass is 19.1. The first-order valence-electron chi connectivity index (χ1n) is 6.09. The van der Waals surface area contributed by atoms with Crippen molar-refractivity contribution in [1.29, 1.82) is 0 Å². The highest BCUT2D eigenvalue weighted by molar-refractivity contribution is 5.21. The Kier molecular flexibility index (Phi) is 5.23. The van der Waals surface area contributed by atoms with Gasteiger partial charge in [-0.1, -0.05) is 19.9 Å². The Morgan fingerprint density at radius 3 is 2.00 bits per heavy atom. The van der Waals surface area contributed by atoms with E-state index in [0.717, 1.165) is 0 Å². The molecule has 1 aromatic carbocycles. The first-order chi connectivity index (χ1) is 8.44. The molecular weight excluding hydrogens is 238 g/mol. The van der Waals surface area contributed by atoms with E-state index < -0.39 is 17.0 Å². The number of halogens is 2. The van der Waals surface area contributed by atoms with E-state index in [9.17, 15) is 19.0 Å². The third kappa shape index (κ3) is 3.50. The highest BCUT2D eigenvalue weighted by Gasteiger charge is 2.32. The minimum atomic E-state index is -0.878. The van der Waals surface area contributed by atoms with Crippen LogP contribution in [0.15, 0.2) is 18.2 Å². The van der Waals surface area contributed by atoms with Gasteiger partial charge < -0.3 is 10.2 Å². The van der Waals surface area contributed by atoms with Gasteiger partial charge in [0, 0.05) is 11.0 Å². The van der Waals surface area contributed by atoms with Crippen LogP contribution in [0, 0.1) is 23.0 Å². The zero-order valence-electron chi connectivity index (χ0n) is 10.8. The summed E-state index contributed by atoms with van der Waals surface area (Å²) in [5.41, 5.74) is -0.946. The molecule has 2 N–H and O–H groups in total. The minimum absolute atomic E-state index is 0.00329. The minimum Gasteiger partial charge on any atom is -0.396 e. The molecule has 2 nitrogen and oxygen atoms in total. The Hall–Kier alpha value is -1.00. The molecule has 0 atom stereocenters. The van der Waals surface area contributed by atoms with Gasteiger partial charge in [-0.25, -0.2) is 8.78 Å². The van der Waals surface area contributed by atoms with Gasteiger partial charge in [0.05, 0.1) is 13.2 Å². The molecule has 0 aromatic heterocycles. The SMILES string of the molecule is CC(C)CC(CO)(CO)Cc1c(F)cccc1F. The van der Waals surface area contributed by atoms with Gasteiger partial charge in [0.2, 0.25) is 0 Å². The molecule has 4 heteroatoms. The molecule has 0 fully saturated rings. The molecule has 0 bridgehead atoms. The summed E-state index contributed by atoms with van der Waals surface area (Å²) in [4.78, 5) is 0. The Morgan fingerprint density at radius 1 is 1.11 bits per heavy atom. The van der Waals surface area contributed by atoms with Crippen LogP contribution in [0.1, 0.15) is 25.8 Å². The van der Waals surface area contributed by atoms with Crippen LogP contribution in [0.25, 0.3) is 0 Å². The van der Waals surface area contributed by atoms with Gasteiger partial charge in [0.25, 0.3) is 0 Å². The van der Waals surface area contributed by atoms with E-state index in [2.05, 4.69) is 0 Å². The van der Waals surface area contributed by atoms with Crippen molar-refractivity contribution in [3.63, 3.8) is 0 Å². The summed E-state index contributed by atoms with van der Waals surface area (Å²) < 4.78 is 27.2. The molecule has 0 aliphatic rings. The molecule has 102 valence electrons. The van der Waals surface area contributed by atoms with Crippen molar-refractivity contribution in [3.8, 4) is 0 Å². The molecule has 0 saturated heterocycles. The molecule has 18 heavy (non-hydrogen) atoms. The smallest absolute Gasteiger partial charge is 0.129 e. The molecule has 0 unspecified atom stereocenters. The number of aliphatic hydroxyl groups is 2. The fraction of sp³-hybridized carbons (Fsp3) is 0.571. The summed E-state index contributed by atoms with van der Waals surface area (Å²) in [7, 11) is 0. The van der Waals surface area contributed by atoms with Crippen LogP contribution in [0.3, 0.4) is 0 Å². The van der Waals surface area contributed by atoms with Crippen LogP contribution in [-0.2, 0) is 6.42 Å². The average molecular weight is 258 g/mol. The number of hydrogen-bond acceptors (Lipinski definition) is 2. The number of benzene rings is 1. The second kappa shape index (κ2) is 6.25. The summed E-state index contributed by atoms with van der Waals surface area (Å²) in [6, 6.07) is 3.68. The monoisotopic (exact) mass is 258 g/mol. The van der Waals surface area contributed by atoms with Crippen molar-refractivity contribution in [2.75, 3.05) is 13.2 Å². The Morgan fingerprint density at radius 2 is 1.61 bits per heavy atom. The molecule has 0 heterocycles. The summed E-state index contributed by atoms with van der Waals surface area (Å²) in [6.07, 6.45) is 0.504. The third-order valence-corrected chi connectivity index (χ3v) is 3.13. The first kappa shape index (κ1) is 15.1.